The van der Waals surface area contributed by atoms with E-state index < -0.39 is 9.84 Å². The minimum absolute atomic E-state index is 0.103. The largest absolute Gasteiger partial charge is 0.354 e. The summed E-state index contributed by atoms with van der Waals surface area (Å²) in [5, 5.41) is 10.7. The van der Waals surface area contributed by atoms with E-state index in [9.17, 15) is 13.2 Å². The number of anilines is 2. The highest BCUT2D eigenvalue weighted by atomic mass is 32.2. The highest BCUT2D eigenvalue weighted by molar-refractivity contribution is 7.91. The number of aromatic nitrogens is 2. The van der Waals surface area contributed by atoms with Crippen LogP contribution < -0.4 is 10.2 Å². The van der Waals surface area contributed by atoms with Gasteiger partial charge in [0.2, 0.25) is 0 Å². The second-order valence-electron chi connectivity index (χ2n) is 5.76. The molecule has 1 atom stereocenters. The third-order valence-electron chi connectivity index (χ3n) is 4.03. The Morgan fingerprint density at radius 3 is 2.50 bits per heavy atom. The zero-order valence-electron chi connectivity index (χ0n) is 13.2. The number of hydrogen-bond acceptors (Lipinski definition) is 6. The van der Waals surface area contributed by atoms with E-state index in [4.69, 9.17) is 0 Å². The van der Waals surface area contributed by atoms with Crippen molar-refractivity contribution in [3.63, 3.8) is 0 Å². The highest BCUT2D eigenvalue weighted by Crippen LogP contribution is 2.21. The topological polar surface area (TPSA) is 92.3 Å². The number of amides is 1. The van der Waals surface area contributed by atoms with Crippen molar-refractivity contribution in [2.75, 3.05) is 28.8 Å². The maximum atomic E-state index is 12.1. The SMILES string of the molecule is CN(c1ccc(C(=O)Nc2ccccc2)nn1)C1CCS(=O)(=O)C1. The van der Waals surface area contributed by atoms with Crippen LogP contribution in [-0.4, -0.2) is 49.1 Å². The Bertz CT molecular complexity index is 822. The van der Waals surface area contributed by atoms with Gasteiger partial charge in [0.15, 0.2) is 21.3 Å². The summed E-state index contributed by atoms with van der Waals surface area (Å²) in [6, 6.07) is 12.3. The van der Waals surface area contributed by atoms with Crippen LogP contribution in [0.4, 0.5) is 11.5 Å². The van der Waals surface area contributed by atoms with E-state index in [1.54, 1.807) is 36.2 Å². The molecule has 7 nitrogen and oxygen atoms in total. The monoisotopic (exact) mass is 346 g/mol. The van der Waals surface area contributed by atoms with Crippen molar-refractivity contribution in [2.45, 2.75) is 12.5 Å². The predicted molar refractivity (Wildman–Crippen MR) is 91.9 cm³/mol. The molecular formula is C16H18N4O3S. The van der Waals surface area contributed by atoms with Gasteiger partial charge in [-0.15, -0.1) is 10.2 Å². The fourth-order valence-corrected chi connectivity index (χ4v) is 4.39. The summed E-state index contributed by atoms with van der Waals surface area (Å²) in [7, 11) is -1.17. The summed E-state index contributed by atoms with van der Waals surface area (Å²) in [6.07, 6.45) is 0.580. The maximum absolute atomic E-state index is 12.1. The van der Waals surface area contributed by atoms with Gasteiger partial charge in [-0.3, -0.25) is 4.79 Å². The van der Waals surface area contributed by atoms with Crippen molar-refractivity contribution in [1.29, 1.82) is 0 Å². The summed E-state index contributed by atoms with van der Waals surface area (Å²) in [5.74, 6) is 0.536. The Hall–Kier alpha value is -2.48. The Morgan fingerprint density at radius 2 is 1.92 bits per heavy atom. The molecule has 24 heavy (non-hydrogen) atoms. The molecular weight excluding hydrogens is 328 g/mol. The van der Waals surface area contributed by atoms with Gasteiger partial charge in [-0.05, 0) is 30.7 Å². The number of hydrogen-bond donors (Lipinski definition) is 1. The van der Waals surface area contributed by atoms with Gasteiger partial charge >= 0.3 is 0 Å². The molecule has 2 aromatic rings. The molecule has 126 valence electrons. The molecule has 0 bridgehead atoms. The lowest BCUT2D eigenvalue weighted by Gasteiger charge is -2.23. The quantitative estimate of drug-likeness (QED) is 0.898. The maximum Gasteiger partial charge on any atom is 0.276 e. The van der Waals surface area contributed by atoms with Crippen molar-refractivity contribution < 1.29 is 13.2 Å². The van der Waals surface area contributed by atoms with Gasteiger partial charge in [0.1, 0.15) is 0 Å². The summed E-state index contributed by atoms with van der Waals surface area (Å²) in [5.41, 5.74) is 0.886. The zero-order valence-corrected chi connectivity index (χ0v) is 14.0. The van der Waals surface area contributed by atoms with E-state index in [2.05, 4.69) is 15.5 Å². The number of sulfone groups is 1. The van der Waals surface area contributed by atoms with Gasteiger partial charge in [0.05, 0.1) is 11.5 Å². The van der Waals surface area contributed by atoms with Crippen molar-refractivity contribution in [1.82, 2.24) is 10.2 Å². The fraction of sp³-hybridized carbons (Fsp3) is 0.312. The number of nitrogens with one attached hydrogen (secondary N) is 1. The van der Waals surface area contributed by atoms with Crippen LogP contribution in [0.25, 0.3) is 0 Å². The lowest BCUT2D eigenvalue weighted by molar-refractivity contribution is 0.102. The van der Waals surface area contributed by atoms with Gasteiger partial charge < -0.3 is 10.2 Å². The first-order valence-electron chi connectivity index (χ1n) is 7.58. The second-order valence-corrected chi connectivity index (χ2v) is 7.99. The van der Waals surface area contributed by atoms with Gasteiger partial charge in [0.25, 0.3) is 5.91 Å². The first-order chi connectivity index (χ1) is 11.4. The highest BCUT2D eigenvalue weighted by Gasteiger charge is 2.31. The van der Waals surface area contributed by atoms with E-state index in [0.29, 0.717) is 17.9 Å². The molecule has 0 radical (unpaired) electrons. The van der Waals surface area contributed by atoms with Gasteiger partial charge in [0, 0.05) is 18.8 Å². The number of carbonyl (C=O) groups excluding carboxylic acids is 1. The van der Waals surface area contributed by atoms with Crippen LogP contribution in [-0.2, 0) is 9.84 Å². The fourth-order valence-electron chi connectivity index (χ4n) is 2.62. The number of nitrogens with zero attached hydrogens (tertiary/aromatic N) is 3. The van der Waals surface area contributed by atoms with Crippen LogP contribution in [0.2, 0.25) is 0 Å². The molecule has 1 saturated heterocycles. The molecule has 8 heteroatoms. The average Bonchev–Trinajstić information content (AvgIpc) is 2.95. The molecule has 1 amide bonds. The summed E-state index contributed by atoms with van der Waals surface area (Å²) in [6.45, 7) is 0. The molecule has 0 spiro atoms. The number of carbonyl (C=O) groups is 1. The minimum atomic E-state index is -2.96. The Kier molecular flexibility index (Phi) is 4.48. The molecule has 2 heterocycles. The Morgan fingerprint density at radius 1 is 1.17 bits per heavy atom. The molecule has 1 fully saturated rings. The molecule has 1 aliphatic heterocycles. The van der Waals surface area contributed by atoms with E-state index in [0.717, 1.165) is 0 Å². The van der Waals surface area contributed by atoms with Crippen LogP contribution >= 0.6 is 0 Å². The number of para-hydroxylation sites is 1. The van der Waals surface area contributed by atoms with Gasteiger partial charge in [-0.2, -0.15) is 0 Å². The van der Waals surface area contributed by atoms with E-state index in [1.807, 2.05) is 18.2 Å². The molecule has 1 aliphatic rings. The van der Waals surface area contributed by atoms with Gasteiger partial charge in [-0.1, -0.05) is 18.2 Å². The van der Waals surface area contributed by atoms with E-state index >= 15 is 0 Å². The van der Waals surface area contributed by atoms with Crippen LogP contribution in [0, 0.1) is 0 Å². The minimum Gasteiger partial charge on any atom is -0.354 e. The normalized spacial score (nSPS) is 19.0. The Balaban J connectivity index is 1.68. The molecule has 1 N–H and O–H groups in total. The van der Waals surface area contributed by atoms with Crippen molar-refractivity contribution in [3.05, 3.63) is 48.2 Å². The van der Waals surface area contributed by atoms with Crippen molar-refractivity contribution in [2.24, 2.45) is 0 Å². The van der Waals surface area contributed by atoms with Crippen LogP contribution in [0.15, 0.2) is 42.5 Å². The summed E-state index contributed by atoms with van der Waals surface area (Å²) in [4.78, 5) is 13.9. The van der Waals surface area contributed by atoms with Crippen LogP contribution in [0.5, 0.6) is 0 Å². The lowest BCUT2D eigenvalue weighted by atomic mass is 10.2. The number of benzene rings is 1. The van der Waals surface area contributed by atoms with Crippen molar-refractivity contribution in [3.8, 4) is 0 Å². The molecule has 0 aliphatic carbocycles. The standard InChI is InChI=1S/C16H18N4O3S/c1-20(13-9-10-24(22,23)11-13)15-8-7-14(18-19-15)16(21)17-12-5-3-2-4-6-12/h2-8,13H,9-11H2,1H3,(H,17,21). The van der Waals surface area contributed by atoms with E-state index in [-0.39, 0.29) is 29.1 Å². The molecule has 1 unspecified atom stereocenters. The first-order valence-corrected chi connectivity index (χ1v) is 9.40. The van der Waals surface area contributed by atoms with Crippen LogP contribution in [0.1, 0.15) is 16.9 Å². The zero-order chi connectivity index (χ0) is 17.2. The smallest absolute Gasteiger partial charge is 0.276 e. The first kappa shape index (κ1) is 16.4. The average molecular weight is 346 g/mol. The van der Waals surface area contributed by atoms with Crippen LogP contribution in [0.3, 0.4) is 0 Å². The molecule has 0 saturated carbocycles. The summed E-state index contributed by atoms with van der Waals surface area (Å²) >= 11 is 0. The van der Waals surface area contributed by atoms with Crippen molar-refractivity contribution >= 4 is 27.2 Å². The van der Waals surface area contributed by atoms with E-state index in [1.165, 1.54) is 0 Å². The molecule has 3 rings (SSSR count). The molecule has 1 aromatic carbocycles. The lowest BCUT2D eigenvalue weighted by Crippen LogP contribution is -2.33. The Labute approximate surface area is 140 Å². The van der Waals surface area contributed by atoms with Gasteiger partial charge in [-0.25, -0.2) is 8.42 Å². The second kappa shape index (κ2) is 6.56. The predicted octanol–water partition coefficient (Wildman–Crippen LogP) is 1.35. The number of rotatable bonds is 4. The molecule has 1 aromatic heterocycles. The third-order valence-corrected chi connectivity index (χ3v) is 5.78. The third kappa shape index (κ3) is 3.70. The summed E-state index contributed by atoms with van der Waals surface area (Å²) < 4.78 is 23.2.